The van der Waals surface area contributed by atoms with Gasteiger partial charge in [0.2, 0.25) is 11.7 Å². The second-order valence-electron chi connectivity index (χ2n) is 6.32. The van der Waals surface area contributed by atoms with Crippen LogP contribution in [0.15, 0.2) is 0 Å². The summed E-state index contributed by atoms with van der Waals surface area (Å²) in [7, 11) is -3.77. The summed E-state index contributed by atoms with van der Waals surface area (Å²) >= 11 is 1.08. The number of amides is 1. The topological polar surface area (TPSA) is 133 Å². The lowest BCUT2D eigenvalue weighted by Gasteiger charge is -2.26. The van der Waals surface area contributed by atoms with E-state index in [1.54, 1.807) is 13.8 Å². The lowest BCUT2D eigenvalue weighted by molar-refractivity contribution is -0.120. The average Bonchev–Trinajstić information content (AvgIpc) is 2.84. The molecule has 0 aromatic carbocycles. The summed E-state index contributed by atoms with van der Waals surface area (Å²) in [5.41, 5.74) is 9.47. The van der Waals surface area contributed by atoms with Gasteiger partial charge < -0.3 is 11.5 Å². The molecular weight excluding hydrogens is 362 g/mol. The van der Waals surface area contributed by atoms with E-state index in [-0.39, 0.29) is 4.88 Å². The van der Waals surface area contributed by atoms with Gasteiger partial charge in [-0.05, 0) is 26.7 Å². The number of nitrogens with zero attached hydrogens (tertiary/aromatic N) is 1. The predicted octanol–water partition coefficient (Wildman–Crippen LogP) is 1.51. The predicted molar refractivity (Wildman–Crippen MR) is 99.4 cm³/mol. The number of aromatic nitrogens is 1. The van der Waals surface area contributed by atoms with E-state index in [2.05, 4.69) is 4.98 Å². The number of rotatable bonds is 10. The van der Waals surface area contributed by atoms with Crippen molar-refractivity contribution in [3.05, 3.63) is 15.6 Å². The molecule has 0 aliphatic carbocycles. The Hall–Kier alpha value is -1.32. The maximum absolute atomic E-state index is 12.8. The van der Waals surface area contributed by atoms with Gasteiger partial charge in [-0.2, -0.15) is 0 Å². The highest BCUT2D eigenvalue weighted by Gasteiger charge is 2.47. The van der Waals surface area contributed by atoms with Gasteiger partial charge in [-0.15, -0.1) is 11.3 Å². The second-order valence-corrected chi connectivity index (χ2v) is 9.80. The van der Waals surface area contributed by atoms with Crippen LogP contribution in [0.4, 0.5) is 0 Å². The van der Waals surface area contributed by atoms with Crippen molar-refractivity contribution < 1.29 is 18.0 Å². The molecule has 1 aromatic rings. The molecule has 0 saturated heterocycles. The fraction of sp³-hybridized carbons (Fsp3) is 0.688. The first kappa shape index (κ1) is 21.7. The van der Waals surface area contributed by atoms with E-state index >= 15 is 0 Å². The number of Topliss-reactive ketones (excluding diaryl/α,β-unsaturated/α-hetero) is 1. The number of carbonyl (C=O) groups is 2. The highest BCUT2D eigenvalue weighted by Crippen LogP contribution is 2.25. The highest BCUT2D eigenvalue weighted by molar-refractivity contribution is 7.92. The summed E-state index contributed by atoms with van der Waals surface area (Å²) in [6, 6.07) is 0. The van der Waals surface area contributed by atoms with Crippen molar-refractivity contribution in [2.24, 2.45) is 11.5 Å². The normalized spacial score (nSPS) is 14.5. The molecule has 0 fully saturated rings. The Morgan fingerprint density at radius 2 is 1.72 bits per heavy atom. The first-order valence-electron chi connectivity index (χ1n) is 8.28. The van der Waals surface area contributed by atoms with Gasteiger partial charge in [0.05, 0.1) is 26.6 Å². The third kappa shape index (κ3) is 4.86. The zero-order valence-electron chi connectivity index (χ0n) is 15.2. The second kappa shape index (κ2) is 8.37. The monoisotopic (exact) mass is 389 g/mol. The number of thiazole rings is 1. The molecule has 0 saturated carbocycles. The van der Waals surface area contributed by atoms with E-state index in [9.17, 15) is 18.0 Å². The Morgan fingerprint density at radius 1 is 1.20 bits per heavy atom. The van der Waals surface area contributed by atoms with Crippen LogP contribution >= 0.6 is 11.3 Å². The molecule has 0 bridgehead atoms. The number of hydrogen-bond acceptors (Lipinski definition) is 7. The third-order valence-electron chi connectivity index (χ3n) is 4.11. The zero-order valence-corrected chi connectivity index (χ0v) is 16.8. The highest BCUT2D eigenvalue weighted by atomic mass is 32.2. The Bertz CT molecular complexity index is 737. The van der Waals surface area contributed by atoms with E-state index < -0.39 is 38.1 Å². The van der Waals surface area contributed by atoms with Crippen molar-refractivity contribution in [2.45, 2.75) is 64.2 Å². The summed E-state index contributed by atoms with van der Waals surface area (Å²) in [5.74, 6) is -2.70. The van der Waals surface area contributed by atoms with E-state index in [1.165, 1.54) is 0 Å². The Morgan fingerprint density at radius 3 is 2.08 bits per heavy atom. The van der Waals surface area contributed by atoms with Crippen LogP contribution in [0.25, 0.3) is 0 Å². The van der Waals surface area contributed by atoms with Crippen LogP contribution in [0.2, 0.25) is 0 Å². The van der Waals surface area contributed by atoms with Crippen LogP contribution in [0.3, 0.4) is 0 Å². The molecule has 0 unspecified atom stereocenters. The largest absolute Gasteiger partial charge is 0.368 e. The number of ketones is 1. The standard InChI is InChI=1S/C16H27N3O4S2/c1-5-7-12(8-6-2)25(22,23)9-16(18,15(17)21)14(20)13-10(3)19-11(4)24-13/h12H,5-9,18H2,1-4H3,(H2,17,21)/t16-/m1/s1. The third-order valence-corrected chi connectivity index (χ3v) is 7.53. The molecule has 7 nitrogen and oxygen atoms in total. The van der Waals surface area contributed by atoms with Crippen LogP contribution in [0, 0.1) is 13.8 Å². The summed E-state index contributed by atoms with van der Waals surface area (Å²) in [5, 5.41) is -0.00719. The van der Waals surface area contributed by atoms with Gasteiger partial charge in [0.15, 0.2) is 15.4 Å². The smallest absolute Gasteiger partial charge is 0.246 e. The summed E-state index contributed by atoms with van der Waals surface area (Å²) < 4.78 is 25.6. The van der Waals surface area contributed by atoms with Crippen LogP contribution in [0.5, 0.6) is 0 Å². The molecule has 1 rings (SSSR count). The van der Waals surface area contributed by atoms with Gasteiger partial charge in [0.1, 0.15) is 0 Å². The van der Waals surface area contributed by atoms with Gasteiger partial charge in [-0.1, -0.05) is 26.7 Å². The van der Waals surface area contributed by atoms with Gasteiger partial charge in [-0.3, -0.25) is 9.59 Å². The molecule has 25 heavy (non-hydrogen) atoms. The number of primary amides is 1. The first-order valence-corrected chi connectivity index (χ1v) is 10.8. The number of hydrogen-bond donors (Lipinski definition) is 2. The molecule has 9 heteroatoms. The van der Waals surface area contributed by atoms with Crippen LogP contribution in [-0.4, -0.2) is 41.6 Å². The van der Waals surface area contributed by atoms with E-state index in [0.29, 0.717) is 36.4 Å². The van der Waals surface area contributed by atoms with Crippen LogP contribution < -0.4 is 11.5 Å². The molecule has 1 heterocycles. The van der Waals surface area contributed by atoms with Gasteiger partial charge in [0.25, 0.3) is 0 Å². The summed E-state index contributed by atoms with van der Waals surface area (Å²) in [6.45, 7) is 7.10. The van der Waals surface area contributed by atoms with Crippen LogP contribution in [-0.2, 0) is 14.6 Å². The number of carbonyl (C=O) groups excluding carboxylic acids is 2. The van der Waals surface area contributed by atoms with E-state index in [4.69, 9.17) is 11.5 Å². The maximum Gasteiger partial charge on any atom is 0.246 e. The van der Waals surface area contributed by atoms with E-state index in [0.717, 1.165) is 11.3 Å². The van der Waals surface area contributed by atoms with Crippen LogP contribution in [0.1, 0.15) is 59.9 Å². The zero-order chi connectivity index (χ0) is 19.4. The Labute approximate surface area is 153 Å². The summed E-state index contributed by atoms with van der Waals surface area (Å²) in [4.78, 5) is 29.1. The molecular formula is C16H27N3O4S2. The Kier molecular flexibility index (Phi) is 7.28. The lowest BCUT2D eigenvalue weighted by atomic mass is 9.95. The lowest BCUT2D eigenvalue weighted by Crippen LogP contribution is -2.63. The number of sulfone groups is 1. The molecule has 0 spiro atoms. The van der Waals surface area contributed by atoms with Gasteiger partial charge in [0, 0.05) is 0 Å². The SMILES string of the molecule is CCCC(CCC)S(=O)(=O)C[C@](N)(C(N)=O)C(=O)c1sc(C)nc1C. The van der Waals surface area contributed by atoms with Gasteiger partial charge >= 0.3 is 0 Å². The van der Waals surface area contributed by atoms with Crippen molar-refractivity contribution in [1.29, 1.82) is 0 Å². The molecule has 4 N–H and O–H groups in total. The molecule has 0 aliphatic heterocycles. The Balaban J connectivity index is 3.28. The quantitative estimate of drug-likeness (QED) is 0.460. The fourth-order valence-electron chi connectivity index (χ4n) is 2.78. The first-order chi connectivity index (χ1) is 11.5. The molecule has 1 amide bonds. The van der Waals surface area contributed by atoms with Gasteiger partial charge in [-0.25, -0.2) is 13.4 Å². The molecule has 1 atom stereocenters. The number of aryl methyl sites for hydroxylation is 2. The van der Waals surface area contributed by atoms with E-state index in [1.807, 2.05) is 13.8 Å². The minimum atomic E-state index is -3.77. The minimum Gasteiger partial charge on any atom is -0.368 e. The fourth-order valence-corrected chi connectivity index (χ4v) is 6.06. The minimum absolute atomic E-state index is 0.177. The average molecular weight is 390 g/mol. The van der Waals surface area contributed by atoms with Crippen molar-refractivity contribution in [2.75, 3.05) is 5.75 Å². The summed E-state index contributed by atoms with van der Waals surface area (Å²) in [6.07, 6.45) is 2.27. The molecule has 1 aromatic heterocycles. The molecule has 0 radical (unpaired) electrons. The van der Waals surface area contributed by atoms with Crippen molar-refractivity contribution in [3.8, 4) is 0 Å². The molecule has 0 aliphatic rings. The van der Waals surface area contributed by atoms with Crippen molar-refractivity contribution in [1.82, 2.24) is 4.98 Å². The molecule has 142 valence electrons. The van der Waals surface area contributed by atoms with Crippen molar-refractivity contribution >= 4 is 32.9 Å². The maximum atomic E-state index is 12.8. The number of nitrogens with two attached hydrogens (primary N) is 2. The van der Waals surface area contributed by atoms with Crippen molar-refractivity contribution in [3.63, 3.8) is 0 Å².